The Balaban J connectivity index is 2.87. The molecule has 0 aliphatic rings. The Bertz CT molecular complexity index is 560. The number of ether oxygens (including phenoxy) is 3. The van der Waals surface area contributed by atoms with Gasteiger partial charge in [-0.2, -0.15) is 0 Å². The van der Waals surface area contributed by atoms with Gasteiger partial charge in [0.25, 0.3) is 0 Å². The molecule has 0 fully saturated rings. The summed E-state index contributed by atoms with van der Waals surface area (Å²) in [5, 5.41) is 11.7. The summed E-state index contributed by atoms with van der Waals surface area (Å²) in [5.74, 6) is -0.160. The molecule has 0 saturated heterocycles. The fourth-order valence-electron chi connectivity index (χ4n) is 2.36. The second-order valence-corrected chi connectivity index (χ2v) is 5.47. The molecule has 128 valence electrons. The number of rotatable bonds is 9. The summed E-state index contributed by atoms with van der Waals surface area (Å²) in [7, 11) is 4.51. The van der Waals surface area contributed by atoms with E-state index in [1.807, 2.05) is 0 Å². The Labute approximate surface area is 135 Å². The standard InChI is InChI=1S/C16H23NO6/c1-16(10-21-2,9-15(19)20)17-14(18)8-11-7-12(22-3)5-6-13(11)23-4/h5-7H,8-10H2,1-4H3,(H,17,18)(H,19,20). The van der Waals surface area contributed by atoms with Crippen LogP contribution in [-0.2, 0) is 20.7 Å². The van der Waals surface area contributed by atoms with Crippen molar-refractivity contribution in [3.63, 3.8) is 0 Å². The first-order valence-corrected chi connectivity index (χ1v) is 7.06. The molecule has 23 heavy (non-hydrogen) atoms. The molecule has 7 nitrogen and oxygen atoms in total. The monoisotopic (exact) mass is 325 g/mol. The van der Waals surface area contributed by atoms with Crippen LogP contribution >= 0.6 is 0 Å². The van der Waals surface area contributed by atoms with E-state index in [4.69, 9.17) is 19.3 Å². The average molecular weight is 325 g/mol. The van der Waals surface area contributed by atoms with Crippen molar-refractivity contribution in [1.29, 1.82) is 0 Å². The normalized spacial score (nSPS) is 13.0. The molecule has 0 aromatic heterocycles. The minimum Gasteiger partial charge on any atom is -0.497 e. The number of hydrogen-bond donors (Lipinski definition) is 2. The number of carboxylic acids is 1. The van der Waals surface area contributed by atoms with Crippen molar-refractivity contribution in [2.45, 2.75) is 25.3 Å². The minimum atomic E-state index is -1.01. The zero-order valence-electron chi connectivity index (χ0n) is 13.8. The lowest BCUT2D eigenvalue weighted by molar-refractivity contribution is -0.139. The molecule has 0 saturated carbocycles. The number of methoxy groups -OCH3 is 3. The zero-order chi connectivity index (χ0) is 17.5. The van der Waals surface area contributed by atoms with E-state index in [1.54, 1.807) is 25.1 Å². The quantitative estimate of drug-likeness (QED) is 0.709. The number of carbonyl (C=O) groups is 2. The number of hydrogen-bond acceptors (Lipinski definition) is 5. The van der Waals surface area contributed by atoms with Gasteiger partial charge in [0.05, 0.1) is 39.2 Å². The van der Waals surface area contributed by atoms with Gasteiger partial charge in [0.2, 0.25) is 5.91 Å². The fraction of sp³-hybridized carbons (Fsp3) is 0.500. The Morgan fingerprint density at radius 3 is 2.43 bits per heavy atom. The molecule has 0 bridgehead atoms. The Morgan fingerprint density at radius 2 is 1.91 bits per heavy atom. The van der Waals surface area contributed by atoms with Gasteiger partial charge in [0.15, 0.2) is 0 Å². The second kappa shape index (κ2) is 8.38. The first-order valence-electron chi connectivity index (χ1n) is 7.06. The third-order valence-corrected chi connectivity index (χ3v) is 3.28. The van der Waals surface area contributed by atoms with Crippen LogP contribution in [0.25, 0.3) is 0 Å². The highest BCUT2D eigenvalue weighted by Gasteiger charge is 2.29. The molecule has 1 unspecified atom stereocenters. The first kappa shape index (κ1) is 18.8. The van der Waals surface area contributed by atoms with E-state index < -0.39 is 11.5 Å². The number of nitrogens with one attached hydrogen (secondary N) is 1. The van der Waals surface area contributed by atoms with Crippen LogP contribution in [0.2, 0.25) is 0 Å². The molecule has 2 N–H and O–H groups in total. The predicted molar refractivity (Wildman–Crippen MR) is 83.9 cm³/mol. The molecule has 1 rings (SSSR count). The molecule has 0 radical (unpaired) electrons. The molecule has 1 amide bonds. The molecular formula is C16H23NO6. The van der Waals surface area contributed by atoms with Crippen molar-refractivity contribution in [3.8, 4) is 11.5 Å². The number of aliphatic carboxylic acids is 1. The van der Waals surface area contributed by atoms with Crippen molar-refractivity contribution in [2.75, 3.05) is 27.9 Å². The van der Waals surface area contributed by atoms with E-state index in [0.717, 1.165) is 0 Å². The number of carboxylic acid groups (broad SMARTS) is 1. The second-order valence-electron chi connectivity index (χ2n) is 5.47. The maximum Gasteiger partial charge on any atom is 0.305 e. The van der Waals surface area contributed by atoms with E-state index in [0.29, 0.717) is 17.1 Å². The zero-order valence-corrected chi connectivity index (χ0v) is 13.8. The van der Waals surface area contributed by atoms with Gasteiger partial charge >= 0.3 is 5.97 Å². The average Bonchev–Trinajstić information content (AvgIpc) is 2.45. The van der Waals surface area contributed by atoms with Gasteiger partial charge in [0, 0.05) is 12.7 Å². The molecule has 1 aromatic carbocycles. The van der Waals surface area contributed by atoms with Crippen LogP contribution in [0.4, 0.5) is 0 Å². The highest BCUT2D eigenvalue weighted by Crippen LogP contribution is 2.24. The van der Waals surface area contributed by atoms with Crippen molar-refractivity contribution < 1.29 is 28.9 Å². The lowest BCUT2D eigenvalue weighted by Crippen LogP contribution is -2.51. The largest absolute Gasteiger partial charge is 0.497 e. The minimum absolute atomic E-state index is 0.0410. The first-order chi connectivity index (χ1) is 10.8. The lowest BCUT2D eigenvalue weighted by atomic mass is 9.98. The molecule has 0 spiro atoms. The summed E-state index contributed by atoms with van der Waals surface area (Å²) in [6.45, 7) is 1.73. The highest BCUT2D eigenvalue weighted by atomic mass is 16.5. The van der Waals surface area contributed by atoms with Gasteiger partial charge in [0.1, 0.15) is 11.5 Å². The topological polar surface area (TPSA) is 94.1 Å². The van der Waals surface area contributed by atoms with Gasteiger partial charge in [-0.15, -0.1) is 0 Å². The third kappa shape index (κ3) is 5.78. The molecule has 7 heteroatoms. The Hall–Kier alpha value is -2.28. The van der Waals surface area contributed by atoms with E-state index in [1.165, 1.54) is 21.3 Å². The number of benzene rings is 1. The Kier molecular flexibility index (Phi) is 6.84. The maximum atomic E-state index is 12.3. The van der Waals surface area contributed by atoms with Gasteiger partial charge in [-0.3, -0.25) is 9.59 Å². The van der Waals surface area contributed by atoms with Crippen LogP contribution < -0.4 is 14.8 Å². The summed E-state index contributed by atoms with van der Waals surface area (Å²) < 4.78 is 15.4. The van der Waals surface area contributed by atoms with Crippen molar-refractivity contribution in [3.05, 3.63) is 23.8 Å². The SMILES string of the molecule is COCC(C)(CC(=O)O)NC(=O)Cc1cc(OC)ccc1OC. The van der Waals surface area contributed by atoms with Crippen LogP contribution in [0.5, 0.6) is 11.5 Å². The van der Waals surface area contributed by atoms with E-state index in [9.17, 15) is 9.59 Å². The van der Waals surface area contributed by atoms with Crippen LogP contribution in [-0.4, -0.2) is 50.5 Å². The molecule has 0 aliphatic carbocycles. The van der Waals surface area contributed by atoms with Crippen LogP contribution in [0, 0.1) is 0 Å². The highest BCUT2D eigenvalue weighted by molar-refractivity contribution is 5.81. The van der Waals surface area contributed by atoms with Gasteiger partial charge in [-0.25, -0.2) is 0 Å². The van der Waals surface area contributed by atoms with Crippen LogP contribution in [0.1, 0.15) is 18.9 Å². The van der Waals surface area contributed by atoms with Crippen LogP contribution in [0.3, 0.4) is 0 Å². The summed E-state index contributed by atoms with van der Waals surface area (Å²) in [6, 6.07) is 5.16. The number of amides is 1. The fourth-order valence-corrected chi connectivity index (χ4v) is 2.36. The maximum absolute atomic E-state index is 12.3. The molecule has 1 atom stereocenters. The van der Waals surface area contributed by atoms with E-state index in [-0.39, 0.29) is 25.4 Å². The van der Waals surface area contributed by atoms with Gasteiger partial charge in [-0.1, -0.05) is 0 Å². The van der Waals surface area contributed by atoms with E-state index >= 15 is 0 Å². The van der Waals surface area contributed by atoms with Gasteiger partial charge < -0.3 is 24.6 Å². The summed E-state index contributed by atoms with van der Waals surface area (Å²) in [6.07, 6.45) is -0.193. The summed E-state index contributed by atoms with van der Waals surface area (Å²) in [4.78, 5) is 23.3. The third-order valence-electron chi connectivity index (χ3n) is 3.28. The van der Waals surface area contributed by atoms with E-state index in [2.05, 4.69) is 5.32 Å². The molecule has 0 aliphatic heterocycles. The van der Waals surface area contributed by atoms with Gasteiger partial charge in [-0.05, 0) is 25.1 Å². The van der Waals surface area contributed by atoms with Crippen LogP contribution in [0.15, 0.2) is 18.2 Å². The molecule has 0 heterocycles. The lowest BCUT2D eigenvalue weighted by Gasteiger charge is -2.28. The molecular weight excluding hydrogens is 302 g/mol. The summed E-state index contributed by atoms with van der Waals surface area (Å²) in [5.41, 5.74) is -0.330. The summed E-state index contributed by atoms with van der Waals surface area (Å²) >= 11 is 0. The smallest absolute Gasteiger partial charge is 0.305 e. The van der Waals surface area contributed by atoms with Crippen molar-refractivity contribution in [2.24, 2.45) is 0 Å². The van der Waals surface area contributed by atoms with Crippen molar-refractivity contribution in [1.82, 2.24) is 5.32 Å². The number of carbonyl (C=O) groups excluding carboxylic acids is 1. The van der Waals surface area contributed by atoms with Crippen molar-refractivity contribution >= 4 is 11.9 Å². The Morgan fingerprint density at radius 1 is 1.22 bits per heavy atom. The predicted octanol–water partition coefficient (Wildman–Crippen LogP) is 1.24. The molecule has 1 aromatic rings.